The van der Waals surface area contributed by atoms with Crippen LogP contribution in [0.1, 0.15) is 31.2 Å². The van der Waals surface area contributed by atoms with Gasteiger partial charge in [-0.1, -0.05) is 18.2 Å². The van der Waals surface area contributed by atoms with E-state index < -0.39 is 47.9 Å². The average molecular weight is 561 g/mol. The Morgan fingerprint density at radius 1 is 1.15 bits per heavy atom. The molecule has 1 aliphatic heterocycles. The number of hydrogen-bond acceptors (Lipinski definition) is 7. The molecule has 1 aliphatic rings. The van der Waals surface area contributed by atoms with E-state index in [-0.39, 0.29) is 31.1 Å². The highest BCUT2D eigenvalue weighted by molar-refractivity contribution is 7.80. The van der Waals surface area contributed by atoms with Crippen LogP contribution in [0.15, 0.2) is 35.5 Å². The number of benzene rings is 1. The van der Waals surface area contributed by atoms with Gasteiger partial charge in [-0.3, -0.25) is 19.4 Å². The number of rotatable bonds is 13. The number of carbonyl (C=O) groups is 4. The standard InChI is InChI=1S/C25H36N8O5S/c26-16(6-3-9-29-25(27)28)21(34)31-18(11-14-12-30-17-7-2-1-5-15(14)17)22(35)32-19(13-39)23(36)33-10-4-8-20(33)24(37)38/h1-2,5,7,12,16,18-20,30,39H,3-4,6,8-11,13,26H2,(H,31,34)(H,32,35)(H,37,38)(H4,27,28,29). The zero-order valence-corrected chi connectivity index (χ0v) is 22.4. The van der Waals surface area contributed by atoms with Gasteiger partial charge in [-0.15, -0.1) is 0 Å². The number of guanidine groups is 1. The van der Waals surface area contributed by atoms with Crippen LogP contribution in [0.5, 0.6) is 0 Å². The molecule has 39 heavy (non-hydrogen) atoms. The van der Waals surface area contributed by atoms with Gasteiger partial charge in [-0.25, -0.2) is 4.79 Å². The summed E-state index contributed by atoms with van der Waals surface area (Å²) < 4.78 is 0. The monoisotopic (exact) mass is 560 g/mol. The Balaban J connectivity index is 1.75. The number of aliphatic carboxylic acids is 1. The molecule has 212 valence electrons. The van der Waals surface area contributed by atoms with Gasteiger partial charge in [-0.05, 0) is 37.3 Å². The zero-order valence-electron chi connectivity index (χ0n) is 21.5. The first-order valence-electron chi connectivity index (χ1n) is 12.7. The molecule has 0 saturated carbocycles. The van der Waals surface area contributed by atoms with Crippen molar-refractivity contribution in [2.24, 2.45) is 22.2 Å². The molecule has 0 bridgehead atoms. The number of aliphatic imine (C=N–C) groups is 1. The third-order valence-corrected chi connectivity index (χ3v) is 7.02. The lowest BCUT2D eigenvalue weighted by atomic mass is 10.0. The molecule has 1 saturated heterocycles. The molecule has 2 heterocycles. The van der Waals surface area contributed by atoms with Gasteiger partial charge < -0.3 is 42.8 Å². The molecule has 1 aromatic heterocycles. The van der Waals surface area contributed by atoms with Crippen LogP contribution < -0.4 is 27.8 Å². The van der Waals surface area contributed by atoms with Crippen LogP contribution in [-0.4, -0.2) is 87.7 Å². The second kappa shape index (κ2) is 13.8. The summed E-state index contributed by atoms with van der Waals surface area (Å²) in [5, 5.41) is 15.7. The molecule has 1 fully saturated rings. The number of para-hydroxylation sites is 1. The number of carbonyl (C=O) groups excluding carboxylic acids is 3. The Morgan fingerprint density at radius 3 is 2.56 bits per heavy atom. The normalized spacial score (nSPS) is 17.3. The minimum atomic E-state index is -1.09. The van der Waals surface area contributed by atoms with Gasteiger partial charge in [0.15, 0.2) is 5.96 Å². The molecule has 0 aliphatic carbocycles. The van der Waals surface area contributed by atoms with Crippen molar-refractivity contribution in [1.82, 2.24) is 20.5 Å². The van der Waals surface area contributed by atoms with Crippen molar-refractivity contribution in [1.29, 1.82) is 0 Å². The predicted octanol–water partition coefficient (Wildman–Crippen LogP) is -0.934. The molecule has 0 spiro atoms. The number of aromatic amines is 1. The Kier molecular flexibility index (Phi) is 10.6. The van der Waals surface area contributed by atoms with Gasteiger partial charge in [0.2, 0.25) is 17.7 Å². The number of nitrogens with zero attached hydrogens (tertiary/aromatic N) is 2. The van der Waals surface area contributed by atoms with Crippen molar-refractivity contribution >= 4 is 53.2 Å². The number of carboxylic acid groups (broad SMARTS) is 1. The number of hydrogen-bond donors (Lipinski definition) is 8. The first-order chi connectivity index (χ1) is 18.6. The van der Waals surface area contributed by atoms with E-state index in [4.69, 9.17) is 17.2 Å². The minimum absolute atomic E-state index is 0.0501. The number of amides is 3. The Labute approximate surface area is 231 Å². The van der Waals surface area contributed by atoms with Gasteiger partial charge in [0.25, 0.3) is 0 Å². The number of likely N-dealkylation sites (tertiary alicyclic amines) is 1. The first-order valence-corrected chi connectivity index (χ1v) is 13.4. The second-order valence-electron chi connectivity index (χ2n) is 9.45. The van der Waals surface area contributed by atoms with Gasteiger partial charge >= 0.3 is 5.97 Å². The molecule has 10 N–H and O–H groups in total. The number of nitrogens with two attached hydrogens (primary N) is 3. The number of aromatic nitrogens is 1. The maximum Gasteiger partial charge on any atom is 0.326 e. The molecule has 4 unspecified atom stereocenters. The number of H-pyrrole nitrogens is 1. The summed E-state index contributed by atoms with van der Waals surface area (Å²) in [7, 11) is 0. The summed E-state index contributed by atoms with van der Waals surface area (Å²) in [6, 6.07) is 3.53. The van der Waals surface area contributed by atoms with Gasteiger partial charge in [0, 0.05) is 42.4 Å². The highest BCUT2D eigenvalue weighted by Crippen LogP contribution is 2.21. The number of nitrogens with one attached hydrogen (secondary N) is 3. The van der Waals surface area contributed by atoms with Crippen molar-refractivity contribution in [3.8, 4) is 0 Å². The van der Waals surface area contributed by atoms with E-state index in [9.17, 15) is 24.3 Å². The smallest absolute Gasteiger partial charge is 0.326 e. The van der Waals surface area contributed by atoms with E-state index in [1.54, 1.807) is 6.20 Å². The number of thiol groups is 1. The van der Waals surface area contributed by atoms with Crippen molar-refractivity contribution in [3.63, 3.8) is 0 Å². The lowest BCUT2D eigenvalue weighted by Gasteiger charge is -2.28. The highest BCUT2D eigenvalue weighted by atomic mass is 32.1. The lowest BCUT2D eigenvalue weighted by molar-refractivity contribution is -0.149. The molecule has 0 radical (unpaired) electrons. The molecule has 2 aromatic rings. The largest absolute Gasteiger partial charge is 0.480 e. The van der Waals surface area contributed by atoms with E-state index in [0.717, 1.165) is 16.5 Å². The Hall–Kier alpha value is -3.78. The lowest BCUT2D eigenvalue weighted by Crippen LogP contribution is -2.58. The van der Waals surface area contributed by atoms with Crippen LogP contribution in [0.3, 0.4) is 0 Å². The molecule has 3 rings (SSSR count). The van der Waals surface area contributed by atoms with E-state index in [1.807, 2.05) is 24.3 Å². The SMILES string of the molecule is NC(N)=NCCCC(N)C(=O)NC(Cc1c[nH]c2ccccc12)C(=O)NC(CS)C(=O)N1CCCC1C(=O)O. The molecular formula is C25H36N8O5S. The Morgan fingerprint density at radius 2 is 1.87 bits per heavy atom. The summed E-state index contributed by atoms with van der Waals surface area (Å²) in [5.74, 6) is -2.88. The van der Waals surface area contributed by atoms with E-state index >= 15 is 0 Å². The van der Waals surface area contributed by atoms with Gasteiger partial charge in [0.05, 0.1) is 6.04 Å². The summed E-state index contributed by atoms with van der Waals surface area (Å²) >= 11 is 4.22. The summed E-state index contributed by atoms with van der Waals surface area (Å²) in [4.78, 5) is 59.4. The highest BCUT2D eigenvalue weighted by Gasteiger charge is 2.38. The topological polar surface area (TPSA) is 222 Å². The molecule has 14 heteroatoms. The van der Waals surface area contributed by atoms with E-state index in [1.165, 1.54) is 4.90 Å². The summed E-state index contributed by atoms with van der Waals surface area (Å²) in [6.45, 7) is 0.586. The van der Waals surface area contributed by atoms with Crippen LogP contribution >= 0.6 is 12.6 Å². The number of carboxylic acids is 1. The predicted molar refractivity (Wildman–Crippen MR) is 150 cm³/mol. The van der Waals surface area contributed by atoms with Crippen LogP contribution in [0, 0.1) is 0 Å². The Bertz CT molecular complexity index is 1210. The zero-order chi connectivity index (χ0) is 28.5. The maximum atomic E-state index is 13.5. The van der Waals surface area contributed by atoms with Gasteiger partial charge in [-0.2, -0.15) is 12.6 Å². The van der Waals surface area contributed by atoms with Crippen LogP contribution in [-0.2, 0) is 25.6 Å². The fourth-order valence-electron chi connectivity index (χ4n) is 4.60. The van der Waals surface area contributed by atoms with Crippen LogP contribution in [0.4, 0.5) is 0 Å². The van der Waals surface area contributed by atoms with Crippen molar-refractivity contribution in [2.45, 2.75) is 56.3 Å². The summed E-state index contributed by atoms with van der Waals surface area (Å²) in [5.41, 5.74) is 18.3. The maximum absolute atomic E-state index is 13.5. The van der Waals surface area contributed by atoms with E-state index in [0.29, 0.717) is 25.8 Å². The van der Waals surface area contributed by atoms with Crippen molar-refractivity contribution in [3.05, 3.63) is 36.0 Å². The van der Waals surface area contributed by atoms with Crippen LogP contribution in [0.2, 0.25) is 0 Å². The van der Waals surface area contributed by atoms with Gasteiger partial charge in [0.1, 0.15) is 18.1 Å². The van der Waals surface area contributed by atoms with Crippen LogP contribution in [0.25, 0.3) is 10.9 Å². The fraction of sp³-hybridized carbons (Fsp3) is 0.480. The summed E-state index contributed by atoms with van der Waals surface area (Å²) in [6.07, 6.45) is 3.52. The molecule has 3 amide bonds. The second-order valence-corrected chi connectivity index (χ2v) is 9.82. The van der Waals surface area contributed by atoms with Crippen molar-refractivity contribution < 1.29 is 24.3 Å². The fourth-order valence-corrected chi connectivity index (χ4v) is 4.85. The molecule has 1 aromatic carbocycles. The third-order valence-electron chi connectivity index (χ3n) is 6.65. The third kappa shape index (κ3) is 7.86. The van der Waals surface area contributed by atoms with Crippen molar-refractivity contribution in [2.75, 3.05) is 18.8 Å². The molecule has 13 nitrogen and oxygen atoms in total. The molecular weight excluding hydrogens is 524 g/mol. The molecule has 4 atom stereocenters. The average Bonchev–Trinajstić information content (AvgIpc) is 3.56. The first kappa shape index (κ1) is 29.8. The van der Waals surface area contributed by atoms with E-state index in [2.05, 4.69) is 33.2 Å². The minimum Gasteiger partial charge on any atom is -0.480 e. The quantitative estimate of drug-likeness (QED) is 0.0659. The number of fused-ring (bicyclic) bond motifs is 1.